The molecule has 1 aromatic carbocycles. The molecule has 0 unspecified atom stereocenters. The van der Waals surface area contributed by atoms with Gasteiger partial charge in [0.05, 0.1) is 5.69 Å². The number of nitrogens with one attached hydrogen (secondary N) is 1. The number of nitrogens with two attached hydrogens (primary N) is 1. The highest BCUT2D eigenvalue weighted by molar-refractivity contribution is 5.95. The first-order valence-electron chi connectivity index (χ1n) is 5.50. The molecule has 0 aliphatic rings. The molecule has 98 valence electrons. The van der Waals surface area contributed by atoms with Crippen molar-refractivity contribution in [1.82, 2.24) is 10.3 Å². The van der Waals surface area contributed by atoms with Gasteiger partial charge in [0.1, 0.15) is 11.4 Å². The fourth-order valence-electron chi connectivity index (χ4n) is 1.55. The molecule has 0 saturated carbocycles. The average molecular weight is 263 g/mol. The van der Waals surface area contributed by atoms with E-state index in [1.165, 1.54) is 0 Å². The number of pyridine rings is 1. The Morgan fingerprint density at radius 3 is 2.79 bits per heavy atom. The molecule has 0 aliphatic heterocycles. The molecule has 0 spiro atoms. The molecule has 0 fully saturated rings. The van der Waals surface area contributed by atoms with Gasteiger partial charge in [-0.15, -0.1) is 0 Å². The summed E-state index contributed by atoms with van der Waals surface area (Å²) in [6.45, 7) is 0.125. The van der Waals surface area contributed by atoms with Gasteiger partial charge in [0.2, 0.25) is 0 Å². The fraction of sp³-hybridized carbons (Fsp3) is 0.0769. The Hall–Kier alpha value is -2.50. The summed E-state index contributed by atoms with van der Waals surface area (Å²) in [5.41, 5.74) is 5.08. The Morgan fingerprint density at radius 2 is 2.11 bits per heavy atom. The van der Waals surface area contributed by atoms with E-state index in [1.54, 1.807) is 24.5 Å². The van der Waals surface area contributed by atoms with E-state index >= 15 is 0 Å². The van der Waals surface area contributed by atoms with Crippen LogP contribution in [0.1, 0.15) is 15.9 Å². The van der Waals surface area contributed by atoms with Crippen LogP contribution in [0, 0.1) is 11.6 Å². The van der Waals surface area contributed by atoms with Crippen molar-refractivity contribution in [2.24, 2.45) is 0 Å². The molecule has 0 aliphatic carbocycles. The summed E-state index contributed by atoms with van der Waals surface area (Å²) in [6, 6.07) is 5.46. The van der Waals surface area contributed by atoms with Crippen LogP contribution in [0.5, 0.6) is 0 Å². The number of halogens is 2. The fourth-order valence-corrected chi connectivity index (χ4v) is 1.55. The molecule has 0 saturated heterocycles. The zero-order valence-electron chi connectivity index (χ0n) is 9.86. The summed E-state index contributed by atoms with van der Waals surface area (Å²) in [5.74, 6) is -2.86. The summed E-state index contributed by atoms with van der Waals surface area (Å²) in [6.07, 6.45) is 3.13. The van der Waals surface area contributed by atoms with Crippen molar-refractivity contribution >= 4 is 11.6 Å². The lowest BCUT2D eigenvalue weighted by Gasteiger charge is -2.08. The minimum Gasteiger partial charge on any atom is -0.396 e. The first kappa shape index (κ1) is 12.9. The molecule has 0 bridgehead atoms. The second-order valence-corrected chi connectivity index (χ2v) is 3.87. The Bertz CT molecular complexity index is 602. The normalized spacial score (nSPS) is 10.2. The number of rotatable bonds is 3. The highest BCUT2D eigenvalue weighted by Gasteiger charge is 2.19. The van der Waals surface area contributed by atoms with Crippen LogP contribution in [0.25, 0.3) is 0 Å². The number of carbonyl (C=O) groups is 1. The SMILES string of the molecule is Nc1ccc(F)c(C(=O)NCc2cccnc2)c1F. The van der Waals surface area contributed by atoms with Crippen molar-refractivity contribution in [3.8, 4) is 0 Å². The summed E-state index contributed by atoms with van der Waals surface area (Å²) in [7, 11) is 0. The minimum atomic E-state index is -1.05. The van der Waals surface area contributed by atoms with Gasteiger partial charge in [-0.3, -0.25) is 9.78 Å². The Morgan fingerprint density at radius 1 is 1.32 bits per heavy atom. The van der Waals surface area contributed by atoms with Gasteiger partial charge in [0.25, 0.3) is 5.91 Å². The van der Waals surface area contributed by atoms with Gasteiger partial charge in [-0.05, 0) is 23.8 Å². The van der Waals surface area contributed by atoms with Crippen molar-refractivity contribution in [3.63, 3.8) is 0 Å². The van der Waals surface area contributed by atoms with Gasteiger partial charge in [-0.2, -0.15) is 0 Å². The van der Waals surface area contributed by atoms with Crippen molar-refractivity contribution in [3.05, 3.63) is 59.4 Å². The largest absolute Gasteiger partial charge is 0.396 e. The average Bonchev–Trinajstić information content (AvgIpc) is 2.42. The molecule has 1 amide bonds. The molecular formula is C13H11F2N3O. The van der Waals surface area contributed by atoms with Crippen LogP contribution in [0.15, 0.2) is 36.7 Å². The van der Waals surface area contributed by atoms with Crippen molar-refractivity contribution in [1.29, 1.82) is 0 Å². The number of nitrogens with zero attached hydrogens (tertiary/aromatic N) is 1. The molecule has 19 heavy (non-hydrogen) atoms. The second-order valence-electron chi connectivity index (χ2n) is 3.87. The van der Waals surface area contributed by atoms with Crippen LogP contribution >= 0.6 is 0 Å². The number of benzene rings is 1. The lowest BCUT2D eigenvalue weighted by molar-refractivity contribution is 0.0942. The van der Waals surface area contributed by atoms with Gasteiger partial charge in [0.15, 0.2) is 5.82 Å². The number of hydrogen-bond donors (Lipinski definition) is 2. The van der Waals surface area contributed by atoms with E-state index in [0.717, 1.165) is 17.7 Å². The Balaban J connectivity index is 2.15. The number of amides is 1. The van der Waals surface area contributed by atoms with Crippen LogP contribution in [-0.2, 0) is 6.54 Å². The third-order valence-corrected chi connectivity index (χ3v) is 2.52. The number of aromatic nitrogens is 1. The summed E-state index contributed by atoms with van der Waals surface area (Å²) < 4.78 is 27.0. The standard InChI is InChI=1S/C13H11F2N3O/c14-9-3-4-10(16)12(15)11(9)13(19)18-7-8-2-1-5-17-6-8/h1-6H,7,16H2,(H,18,19). The molecule has 6 heteroatoms. The number of hydrogen-bond acceptors (Lipinski definition) is 3. The van der Waals surface area contributed by atoms with Crippen LogP contribution in [0.4, 0.5) is 14.5 Å². The molecular weight excluding hydrogens is 252 g/mol. The maximum atomic E-state index is 13.6. The zero-order chi connectivity index (χ0) is 13.8. The van der Waals surface area contributed by atoms with Crippen LogP contribution < -0.4 is 11.1 Å². The Labute approximate surface area is 108 Å². The molecule has 1 heterocycles. The minimum absolute atomic E-state index is 0.125. The molecule has 0 radical (unpaired) electrons. The van der Waals surface area contributed by atoms with E-state index in [1.807, 2.05) is 0 Å². The number of nitrogen functional groups attached to an aromatic ring is 1. The molecule has 4 nitrogen and oxygen atoms in total. The second kappa shape index (κ2) is 5.43. The van der Waals surface area contributed by atoms with Crippen LogP contribution in [-0.4, -0.2) is 10.9 Å². The number of carbonyl (C=O) groups excluding carboxylic acids is 1. The van der Waals surface area contributed by atoms with Crippen LogP contribution in [0.2, 0.25) is 0 Å². The third-order valence-electron chi connectivity index (χ3n) is 2.52. The first-order chi connectivity index (χ1) is 9.09. The zero-order valence-corrected chi connectivity index (χ0v) is 9.86. The van der Waals surface area contributed by atoms with E-state index in [0.29, 0.717) is 0 Å². The molecule has 2 aromatic rings. The predicted octanol–water partition coefficient (Wildman–Crippen LogP) is 1.87. The number of anilines is 1. The molecule has 1 aromatic heterocycles. The van der Waals surface area contributed by atoms with Gasteiger partial charge in [-0.25, -0.2) is 8.78 Å². The van der Waals surface area contributed by atoms with E-state index < -0.39 is 23.1 Å². The monoisotopic (exact) mass is 263 g/mol. The van der Waals surface area contributed by atoms with E-state index in [-0.39, 0.29) is 12.2 Å². The van der Waals surface area contributed by atoms with Crippen molar-refractivity contribution in [2.75, 3.05) is 5.73 Å². The summed E-state index contributed by atoms with van der Waals surface area (Å²) in [5, 5.41) is 2.41. The lowest BCUT2D eigenvalue weighted by atomic mass is 10.1. The highest BCUT2D eigenvalue weighted by Crippen LogP contribution is 2.18. The predicted molar refractivity (Wildman–Crippen MR) is 66.2 cm³/mol. The van der Waals surface area contributed by atoms with Crippen LogP contribution in [0.3, 0.4) is 0 Å². The quantitative estimate of drug-likeness (QED) is 0.831. The van der Waals surface area contributed by atoms with E-state index in [9.17, 15) is 13.6 Å². The maximum absolute atomic E-state index is 13.6. The maximum Gasteiger partial charge on any atom is 0.257 e. The molecule has 3 N–H and O–H groups in total. The first-order valence-corrected chi connectivity index (χ1v) is 5.50. The van der Waals surface area contributed by atoms with Gasteiger partial charge in [0, 0.05) is 18.9 Å². The van der Waals surface area contributed by atoms with Gasteiger partial charge < -0.3 is 11.1 Å². The molecule has 2 rings (SSSR count). The van der Waals surface area contributed by atoms with Crippen molar-refractivity contribution in [2.45, 2.75) is 6.54 Å². The molecule has 0 atom stereocenters. The Kier molecular flexibility index (Phi) is 3.70. The summed E-state index contributed by atoms with van der Waals surface area (Å²) in [4.78, 5) is 15.6. The smallest absolute Gasteiger partial charge is 0.257 e. The lowest BCUT2D eigenvalue weighted by Crippen LogP contribution is -2.25. The third kappa shape index (κ3) is 2.85. The van der Waals surface area contributed by atoms with E-state index in [2.05, 4.69) is 10.3 Å². The highest BCUT2D eigenvalue weighted by atomic mass is 19.1. The van der Waals surface area contributed by atoms with Gasteiger partial charge >= 0.3 is 0 Å². The topological polar surface area (TPSA) is 68.0 Å². The summed E-state index contributed by atoms with van der Waals surface area (Å²) >= 11 is 0. The van der Waals surface area contributed by atoms with Crippen molar-refractivity contribution < 1.29 is 13.6 Å². The van der Waals surface area contributed by atoms with E-state index in [4.69, 9.17) is 5.73 Å². The van der Waals surface area contributed by atoms with Gasteiger partial charge in [-0.1, -0.05) is 6.07 Å².